The molecule has 2 rings (SSSR count). The second kappa shape index (κ2) is 4.02. The first-order chi connectivity index (χ1) is 6.81. The van der Waals surface area contributed by atoms with Crippen LogP contribution in [0.15, 0.2) is 24.3 Å². The molecule has 0 spiro atoms. The number of H-pyrrole nitrogens is 1. The molecule has 0 amide bonds. The van der Waals surface area contributed by atoms with Gasteiger partial charge in [0.1, 0.15) is 5.82 Å². The van der Waals surface area contributed by atoms with Gasteiger partial charge >= 0.3 is 0 Å². The molecule has 0 fully saturated rings. The van der Waals surface area contributed by atoms with Crippen LogP contribution in [-0.4, -0.2) is 22.0 Å². The summed E-state index contributed by atoms with van der Waals surface area (Å²) < 4.78 is 0. The minimum Gasteiger partial charge on any atom is -0.341 e. The van der Waals surface area contributed by atoms with Gasteiger partial charge in [0.15, 0.2) is 0 Å². The molecule has 1 atom stereocenters. The van der Waals surface area contributed by atoms with Crippen LogP contribution < -0.4 is 5.73 Å². The van der Waals surface area contributed by atoms with Gasteiger partial charge in [0.2, 0.25) is 0 Å². The third-order valence-electron chi connectivity index (χ3n) is 2.11. The zero-order chi connectivity index (χ0) is 9.97. The topological polar surface area (TPSA) is 54.7 Å². The van der Waals surface area contributed by atoms with Crippen LogP contribution in [0, 0.1) is 0 Å². The third kappa shape index (κ3) is 1.76. The summed E-state index contributed by atoms with van der Waals surface area (Å²) in [5.74, 6) is 1.76. The third-order valence-corrected chi connectivity index (χ3v) is 2.80. The number of benzene rings is 1. The Morgan fingerprint density at radius 3 is 3.00 bits per heavy atom. The normalized spacial score (nSPS) is 13.3. The number of aromatic nitrogens is 2. The standard InChI is InChI=1S/C10H13N3S/c1-14-6-7(11)10-12-8-4-2-3-5-9(8)13-10/h2-5,7H,6,11H2,1H3,(H,12,13). The smallest absolute Gasteiger partial charge is 0.125 e. The minimum absolute atomic E-state index is 0.00241. The molecule has 3 N–H and O–H groups in total. The monoisotopic (exact) mass is 207 g/mol. The Morgan fingerprint density at radius 1 is 1.50 bits per heavy atom. The summed E-state index contributed by atoms with van der Waals surface area (Å²) in [6, 6.07) is 7.97. The maximum Gasteiger partial charge on any atom is 0.125 e. The second-order valence-corrected chi connectivity index (χ2v) is 4.11. The van der Waals surface area contributed by atoms with Crippen LogP contribution in [0.1, 0.15) is 11.9 Å². The number of nitrogens with two attached hydrogens (primary N) is 1. The lowest BCUT2D eigenvalue weighted by Crippen LogP contribution is -2.14. The molecular formula is C10H13N3S. The minimum atomic E-state index is -0.00241. The van der Waals surface area contributed by atoms with Crippen molar-refractivity contribution < 1.29 is 0 Å². The summed E-state index contributed by atoms with van der Waals surface area (Å²) in [4.78, 5) is 7.67. The first-order valence-electron chi connectivity index (χ1n) is 4.50. The van der Waals surface area contributed by atoms with Crippen LogP contribution in [0.3, 0.4) is 0 Å². The van der Waals surface area contributed by atoms with E-state index in [4.69, 9.17) is 5.73 Å². The highest BCUT2D eigenvalue weighted by Crippen LogP contribution is 2.16. The van der Waals surface area contributed by atoms with E-state index >= 15 is 0 Å². The fourth-order valence-electron chi connectivity index (χ4n) is 1.41. The Hall–Kier alpha value is -1.00. The van der Waals surface area contributed by atoms with Crippen LogP contribution in [0.4, 0.5) is 0 Å². The predicted octanol–water partition coefficient (Wildman–Crippen LogP) is 1.93. The molecule has 0 aliphatic heterocycles. The van der Waals surface area contributed by atoms with Gasteiger partial charge in [-0.05, 0) is 18.4 Å². The van der Waals surface area contributed by atoms with Crippen molar-refractivity contribution in [1.82, 2.24) is 9.97 Å². The van der Waals surface area contributed by atoms with E-state index in [-0.39, 0.29) is 6.04 Å². The molecule has 14 heavy (non-hydrogen) atoms. The van der Waals surface area contributed by atoms with E-state index in [1.165, 1.54) is 0 Å². The Kier molecular flexibility index (Phi) is 2.74. The number of rotatable bonds is 3. The van der Waals surface area contributed by atoms with Crippen molar-refractivity contribution >= 4 is 22.8 Å². The largest absolute Gasteiger partial charge is 0.341 e. The summed E-state index contributed by atoms with van der Waals surface area (Å²) in [6.07, 6.45) is 2.04. The molecule has 74 valence electrons. The van der Waals surface area contributed by atoms with E-state index < -0.39 is 0 Å². The Bertz CT molecular complexity index is 391. The molecule has 1 heterocycles. The molecule has 1 aromatic heterocycles. The summed E-state index contributed by atoms with van der Waals surface area (Å²) in [5, 5.41) is 0. The van der Waals surface area contributed by atoms with Crippen molar-refractivity contribution in [2.24, 2.45) is 5.73 Å². The van der Waals surface area contributed by atoms with E-state index in [9.17, 15) is 0 Å². The molecule has 0 aliphatic carbocycles. The summed E-state index contributed by atoms with van der Waals surface area (Å²) in [5.41, 5.74) is 7.99. The van der Waals surface area contributed by atoms with Gasteiger partial charge in [-0.1, -0.05) is 12.1 Å². The maximum atomic E-state index is 5.95. The molecular weight excluding hydrogens is 194 g/mol. The van der Waals surface area contributed by atoms with E-state index in [1.807, 2.05) is 30.5 Å². The molecule has 1 unspecified atom stereocenters. The van der Waals surface area contributed by atoms with Crippen molar-refractivity contribution in [3.05, 3.63) is 30.1 Å². The van der Waals surface area contributed by atoms with Gasteiger partial charge in [-0.2, -0.15) is 11.8 Å². The van der Waals surface area contributed by atoms with Crippen LogP contribution in [-0.2, 0) is 0 Å². The van der Waals surface area contributed by atoms with E-state index in [2.05, 4.69) is 9.97 Å². The fourth-order valence-corrected chi connectivity index (χ4v) is 1.92. The zero-order valence-electron chi connectivity index (χ0n) is 8.03. The van der Waals surface area contributed by atoms with Crippen molar-refractivity contribution in [3.8, 4) is 0 Å². The summed E-state index contributed by atoms with van der Waals surface area (Å²) in [6.45, 7) is 0. The average molecular weight is 207 g/mol. The van der Waals surface area contributed by atoms with Crippen molar-refractivity contribution in [1.29, 1.82) is 0 Å². The molecule has 0 bridgehead atoms. The van der Waals surface area contributed by atoms with Gasteiger partial charge in [-0.15, -0.1) is 0 Å². The predicted molar refractivity (Wildman–Crippen MR) is 61.4 cm³/mol. The van der Waals surface area contributed by atoms with Gasteiger partial charge in [0.25, 0.3) is 0 Å². The van der Waals surface area contributed by atoms with E-state index in [0.29, 0.717) is 0 Å². The molecule has 3 nitrogen and oxygen atoms in total. The van der Waals surface area contributed by atoms with Crippen LogP contribution in [0.25, 0.3) is 11.0 Å². The fraction of sp³-hybridized carbons (Fsp3) is 0.300. The number of imidazole rings is 1. The SMILES string of the molecule is CSCC(N)c1nc2ccccc2[nH]1. The molecule has 0 radical (unpaired) electrons. The van der Waals surface area contributed by atoms with Gasteiger partial charge in [-0.3, -0.25) is 0 Å². The lowest BCUT2D eigenvalue weighted by Gasteiger charge is -2.04. The van der Waals surface area contributed by atoms with Crippen molar-refractivity contribution in [2.75, 3.05) is 12.0 Å². The maximum absolute atomic E-state index is 5.95. The Morgan fingerprint density at radius 2 is 2.29 bits per heavy atom. The van der Waals surface area contributed by atoms with Gasteiger partial charge in [-0.25, -0.2) is 4.98 Å². The first-order valence-corrected chi connectivity index (χ1v) is 5.90. The summed E-state index contributed by atoms with van der Waals surface area (Å²) >= 11 is 1.73. The number of nitrogens with zero attached hydrogens (tertiary/aromatic N) is 1. The number of thioether (sulfide) groups is 1. The molecule has 1 aromatic carbocycles. The van der Waals surface area contributed by atoms with Crippen molar-refractivity contribution in [3.63, 3.8) is 0 Å². The molecule has 0 aliphatic rings. The first kappa shape index (κ1) is 9.55. The van der Waals surface area contributed by atoms with Crippen LogP contribution in [0.5, 0.6) is 0 Å². The number of fused-ring (bicyclic) bond motifs is 1. The highest BCUT2D eigenvalue weighted by atomic mass is 32.2. The quantitative estimate of drug-likeness (QED) is 0.808. The number of hydrogen-bond donors (Lipinski definition) is 2. The lowest BCUT2D eigenvalue weighted by molar-refractivity contribution is 0.772. The Labute approximate surface area is 87.1 Å². The van der Waals surface area contributed by atoms with Crippen molar-refractivity contribution in [2.45, 2.75) is 6.04 Å². The number of hydrogen-bond acceptors (Lipinski definition) is 3. The molecule has 0 saturated heterocycles. The van der Waals surface area contributed by atoms with Gasteiger partial charge in [0, 0.05) is 5.75 Å². The zero-order valence-corrected chi connectivity index (χ0v) is 8.84. The molecule has 4 heteroatoms. The highest BCUT2D eigenvalue weighted by Gasteiger charge is 2.09. The second-order valence-electron chi connectivity index (χ2n) is 3.20. The van der Waals surface area contributed by atoms with Crippen LogP contribution >= 0.6 is 11.8 Å². The summed E-state index contributed by atoms with van der Waals surface area (Å²) in [7, 11) is 0. The van der Waals surface area contributed by atoms with Gasteiger partial charge < -0.3 is 10.7 Å². The Balaban J connectivity index is 2.35. The lowest BCUT2D eigenvalue weighted by atomic mass is 10.3. The molecule has 0 saturated carbocycles. The molecule has 2 aromatic rings. The van der Waals surface area contributed by atoms with E-state index in [0.717, 1.165) is 22.6 Å². The van der Waals surface area contributed by atoms with Crippen LogP contribution in [0.2, 0.25) is 0 Å². The number of aromatic amines is 1. The number of para-hydroxylation sites is 2. The van der Waals surface area contributed by atoms with Gasteiger partial charge in [0.05, 0.1) is 17.1 Å². The average Bonchev–Trinajstić information content (AvgIpc) is 2.61. The number of nitrogens with one attached hydrogen (secondary N) is 1. The van der Waals surface area contributed by atoms with E-state index in [1.54, 1.807) is 11.8 Å². The highest BCUT2D eigenvalue weighted by molar-refractivity contribution is 7.98.